The Morgan fingerprint density at radius 1 is 1.10 bits per heavy atom. The summed E-state index contributed by atoms with van der Waals surface area (Å²) in [6.07, 6.45) is -15.5. The van der Waals surface area contributed by atoms with Gasteiger partial charge in [0.2, 0.25) is 5.95 Å². The number of rotatable bonds is 10. The zero-order valence-corrected chi connectivity index (χ0v) is 22.0. The number of azide groups is 1. The smallest absolute Gasteiger partial charge is 0.280 e. The maximum absolute atomic E-state index is 12.2. The number of ether oxygens (including phenoxy) is 2. The number of hydrogen-bond acceptors (Lipinski definition) is 19. The summed E-state index contributed by atoms with van der Waals surface area (Å²) in [6, 6.07) is 0. The van der Waals surface area contributed by atoms with Crippen LogP contribution in [0.4, 0.5) is 5.95 Å². The Balaban J connectivity index is 1.39. The lowest BCUT2D eigenvalue weighted by atomic mass is 9.99. The number of nitrogens with two attached hydrogens (primary N) is 1. The molecule has 2 fully saturated rings. The van der Waals surface area contributed by atoms with E-state index in [2.05, 4.69) is 38.3 Å². The molecule has 2 aliphatic rings. The van der Waals surface area contributed by atoms with Crippen LogP contribution in [-0.4, -0.2) is 107 Å². The Morgan fingerprint density at radius 3 is 2.46 bits per heavy atom. The van der Waals surface area contributed by atoms with Gasteiger partial charge in [-0.3, -0.25) is 28.0 Å². The largest absolute Gasteiger partial charge is 0.756 e. The topological polar surface area (TPSA) is 366 Å². The highest BCUT2D eigenvalue weighted by atomic mass is 31.3. The van der Waals surface area contributed by atoms with Crippen LogP contribution in [0.1, 0.15) is 6.23 Å². The second-order valence-electron chi connectivity index (χ2n) is 8.63. The van der Waals surface area contributed by atoms with Crippen LogP contribution in [0.15, 0.2) is 16.2 Å². The minimum absolute atomic E-state index is 0.141. The fourth-order valence-corrected chi connectivity index (χ4v) is 6.04. The molecule has 11 atom stereocenters. The van der Waals surface area contributed by atoms with Crippen LogP contribution in [0.5, 0.6) is 0 Å². The third-order valence-corrected chi connectivity index (χ3v) is 8.42. The molecule has 2 saturated heterocycles. The molecule has 0 aliphatic carbocycles. The van der Waals surface area contributed by atoms with Gasteiger partial charge < -0.3 is 55.1 Å². The molecule has 0 amide bonds. The van der Waals surface area contributed by atoms with Gasteiger partial charge in [0.15, 0.2) is 23.7 Å². The molecule has 2 aromatic heterocycles. The van der Waals surface area contributed by atoms with Crippen LogP contribution in [0, 0.1) is 0 Å². The molecule has 0 aromatic carbocycles. The summed E-state index contributed by atoms with van der Waals surface area (Å²) < 4.78 is 48.5. The number of aromatic nitrogens is 4. The molecule has 8 N–H and O–H groups in total. The molecule has 0 saturated carbocycles. The maximum Gasteiger partial charge on any atom is 0.280 e. The number of nitrogens with zero attached hydrogens (tertiary/aromatic N) is 6. The zero-order chi connectivity index (χ0) is 30.3. The Morgan fingerprint density at radius 2 is 1.78 bits per heavy atom. The van der Waals surface area contributed by atoms with Crippen molar-refractivity contribution in [2.75, 3.05) is 18.9 Å². The molecule has 0 radical (unpaired) electrons. The predicted octanol–water partition coefficient (Wildman–Crippen LogP) is -4.57. The van der Waals surface area contributed by atoms with Gasteiger partial charge in [-0.25, -0.2) is 9.29 Å². The van der Waals surface area contributed by atoms with Crippen molar-refractivity contribution in [1.29, 1.82) is 0 Å². The average molecular weight is 628 g/mol. The van der Waals surface area contributed by atoms with Crippen molar-refractivity contribution in [2.45, 2.75) is 55.2 Å². The lowest BCUT2D eigenvalue weighted by Gasteiger charge is -2.42. The fraction of sp³-hybridized carbons (Fsp3) is 0.688. The van der Waals surface area contributed by atoms with Crippen molar-refractivity contribution in [2.24, 2.45) is 5.11 Å². The van der Waals surface area contributed by atoms with E-state index in [1.54, 1.807) is 0 Å². The molecule has 2 aliphatic heterocycles. The molecule has 41 heavy (non-hydrogen) atoms. The summed E-state index contributed by atoms with van der Waals surface area (Å²) in [7, 11) is -11.8. The number of phosphoric ester groups is 2. The molecule has 4 rings (SSSR count). The van der Waals surface area contributed by atoms with E-state index in [1.165, 1.54) is 0 Å². The van der Waals surface area contributed by atoms with Crippen LogP contribution in [0.25, 0.3) is 21.6 Å². The monoisotopic (exact) mass is 628 g/mol. The normalized spacial score (nSPS) is 35.0. The highest BCUT2D eigenvalue weighted by molar-refractivity contribution is 7.59. The van der Waals surface area contributed by atoms with Gasteiger partial charge in [-0.15, -0.1) is 0 Å². The lowest BCUT2D eigenvalue weighted by molar-refractivity contribution is -0.300. The quantitative estimate of drug-likeness (QED) is 0.0563. The summed E-state index contributed by atoms with van der Waals surface area (Å²) >= 11 is 0. The van der Waals surface area contributed by atoms with Gasteiger partial charge in [0.05, 0.1) is 25.6 Å². The number of aliphatic hydroxyl groups is 5. The van der Waals surface area contributed by atoms with Crippen molar-refractivity contribution in [3.63, 3.8) is 0 Å². The molecular formula is C16H22N8O15P2-2. The number of hydrogen-bond donors (Lipinski definition) is 7. The Kier molecular flexibility index (Phi) is 9.16. The van der Waals surface area contributed by atoms with Crippen LogP contribution < -0.4 is 21.1 Å². The van der Waals surface area contributed by atoms with Gasteiger partial charge in [0.1, 0.15) is 36.6 Å². The predicted molar refractivity (Wildman–Crippen MR) is 123 cm³/mol. The molecule has 4 heterocycles. The minimum atomic E-state index is -5.95. The third kappa shape index (κ3) is 6.75. The minimum Gasteiger partial charge on any atom is -0.756 e. The highest BCUT2D eigenvalue weighted by Gasteiger charge is 2.47. The molecule has 4 unspecified atom stereocenters. The summed E-state index contributed by atoms with van der Waals surface area (Å²) in [5.74, 6) is -0.297. The van der Waals surface area contributed by atoms with Crippen molar-refractivity contribution in [1.82, 2.24) is 19.5 Å². The highest BCUT2D eigenvalue weighted by Crippen LogP contribution is 2.57. The molecule has 0 bridgehead atoms. The van der Waals surface area contributed by atoms with E-state index in [4.69, 9.17) is 20.7 Å². The number of aliphatic hydroxyl groups excluding tert-OH is 5. The van der Waals surface area contributed by atoms with Gasteiger partial charge in [0.25, 0.3) is 21.2 Å². The number of nitrogens with one attached hydrogen (secondary N) is 1. The number of aromatic amines is 1. The lowest BCUT2D eigenvalue weighted by Crippen LogP contribution is -2.58. The van der Waals surface area contributed by atoms with Gasteiger partial charge in [-0.2, -0.15) is 4.98 Å². The van der Waals surface area contributed by atoms with Gasteiger partial charge >= 0.3 is 0 Å². The van der Waals surface area contributed by atoms with E-state index in [9.17, 15) is 49.2 Å². The van der Waals surface area contributed by atoms with Gasteiger partial charge in [-0.1, -0.05) is 5.11 Å². The molecule has 228 valence electrons. The van der Waals surface area contributed by atoms with Crippen LogP contribution in [0.2, 0.25) is 0 Å². The van der Waals surface area contributed by atoms with E-state index >= 15 is 0 Å². The Labute approximate surface area is 226 Å². The first kappa shape index (κ1) is 31.4. The number of fused-ring (bicyclic) bond motifs is 1. The number of imidazole rings is 1. The van der Waals surface area contributed by atoms with Crippen molar-refractivity contribution >= 4 is 32.8 Å². The van der Waals surface area contributed by atoms with E-state index in [-0.39, 0.29) is 17.1 Å². The Hall–Kier alpha value is -2.56. The first-order valence-electron chi connectivity index (χ1n) is 11.2. The third-order valence-electron chi connectivity index (χ3n) is 5.89. The van der Waals surface area contributed by atoms with E-state index in [1.807, 2.05) is 0 Å². The van der Waals surface area contributed by atoms with Crippen molar-refractivity contribution in [3.05, 3.63) is 27.1 Å². The van der Waals surface area contributed by atoms with Crippen LogP contribution in [0.3, 0.4) is 0 Å². The molecule has 23 nitrogen and oxygen atoms in total. The van der Waals surface area contributed by atoms with Gasteiger partial charge in [0, 0.05) is 4.91 Å². The fourth-order valence-electron chi connectivity index (χ4n) is 3.95. The summed E-state index contributed by atoms with van der Waals surface area (Å²) in [5, 5.41) is 53.5. The number of H-pyrrole nitrogens is 1. The van der Waals surface area contributed by atoms with Crippen molar-refractivity contribution < 1.29 is 67.3 Å². The second-order valence-corrected chi connectivity index (χ2v) is 11.5. The molecule has 0 spiro atoms. The summed E-state index contributed by atoms with van der Waals surface area (Å²) in [4.78, 5) is 48.7. The van der Waals surface area contributed by atoms with Crippen molar-refractivity contribution in [3.8, 4) is 0 Å². The van der Waals surface area contributed by atoms with Crippen LogP contribution in [-0.2, 0) is 32.0 Å². The van der Waals surface area contributed by atoms with E-state index in [0.717, 1.165) is 10.9 Å². The maximum atomic E-state index is 12.2. The van der Waals surface area contributed by atoms with Gasteiger partial charge in [-0.05, 0) is 5.53 Å². The Bertz CT molecular complexity index is 1470. The van der Waals surface area contributed by atoms with E-state index in [0.29, 0.717) is 0 Å². The molecule has 25 heteroatoms. The average Bonchev–Trinajstić information content (AvgIpc) is 3.42. The SMILES string of the molecule is [N-]=[N+]=NC[C@@H]1OC(OP(=O)([O-])OP(=O)([O-])OC[C@H]2O[C@@H](n3cnc4c(=O)[nH]c(N)nc43)C(O)[C@H]2O)[C@@H](O)[C@H](O)[C@@H]1O. The first-order valence-corrected chi connectivity index (χ1v) is 14.2. The summed E-state index contributed by atoms with van der Waals surface area (Å²) in [5.41, 5.74) is 12.9. The number of anilines is 1. The summed E-state index contributed by atoms with van der Waals surface area (Å²) in [6.45, 7) is -1.72. The molecule has 2 aromatic rings. The molecular weight excluding hydrogens is 606 g/mol. The second kappa shape index (κ2) is 12.0. The zero-order valence-electron chi connectivity index (χ0n) is 20.2. The van der Waals surface area contributed by atoms with Crippen LogP contribution >= 0.6 is 15.6 Å². The first-order chi connectivity index (χ1) is 19.1. The number of phosphoric acid groups is 2. The number of nitrogen functional groups attached to an aromatic ring is 1. The standard InChI is InChI=1S/C16H24N8O15P2/c17-16-21-12-6(13(30)22-16)19-3-24(12)14-10(28)8(26)5(36-14)2-35-40(31,32)39-41(33,34)38-15-11(29)9(27)7(25)4(37-15)1-20-23-18/h3-5,7-11,14-15,25-29H,1-2H2,(H,31,32)(H,33,34)(H3,17,21,22,30)/p-2/t4-,5+,7+,8-,9+,10?,11-,14+,15?/m0/s1. The van der Waals surface area contributed by atoms with E-state index < -0.39 is 89.6 Å².